The molecule has 0 spiro atoms. The third-order valence-electron chi connectivity index (χ3n) is 4.01. The summed E-state index contributed by atoms with van der Waals surface area (Å²) in [4.78, 5) is 26.5. The minimum absolute atomic E-state index is 0.0141. The lowest BCUT2D eigenvalue weighted by Gasteiger charge is -2.37. The van der Waals surface area contributed by atoms with Crippen molar-refractivity contribution < 1.29 is 9.32 Å². The Morgan fingerprint density at radius 3 is 2.72 bits per heavy atom. The molecule has 0 saturated carbocycles. The van der Waals surface area contributed by atoms with Crippen molar-refractivity contribution in [3.05, 3.63) is 59.9 Å². The molecule has 1 aromatic carbocycles. The summed E-state index contributed by atoms with van der Waals surface area (Å²) in [6.07, 6.45) is 4.70. The molecule has 4 rings (SSSR count). The molecular weight excluding hydrogens is 320 g/mol. The van der Waals surface area contributed by atoms with E-state index in [-0.39, 0.29) is 11.8 Å². The number of hydrogen-bond donors (Lipinski definition) is 0. The largest absolute Gasteiger partial charge is 0.338 e. The predicted octanol–water partition coefficient (Wildman–Crippen LogP) is 1.64. The van der Waals surface area contributed by atoms with Gasteiger partial charge in [0.25, 0.3) is 5.91 Å². The van der Waals surface area contributed by atoms with Crippen LogP contribution in [0.2, 0.25) is 0 Å². The van der Waals surface area contributed by atoms with Crippen LogP contribution in [0.3, 0.4) is 0 Å². The van der Waals surface area contributed by atoms with Crippen LogP contribution in [0.25, 0.3) is 11.5 Å². The first-order valence-electron chi connectivity index (χ1n) is 7.64. The molecule has 0 N–H and O–H groups in total. The first kappa shape index (κ1) is 15.0. The van der Waals surface area contributed by atoms with Crippen molar-refractivity contribution in [2.45, 2.75) is 5.92 Å². The van der Waals surface area contributed by atoms with Crippen molar-refractivity contribution in [3.8, 4) is 17.6 Å². The van der Waals surface area contributed by atoms with E-state index in [0.29, 0.717) is 41.6 Å². The van der Waals surface area contributed by atoms with Gasteiger partial charge in [0, 0.05) is 31.0 Å². The highest BCUT2D eigenvalue weighted by molar-refractivity contribution is 5.95. The summed E-state index contributed by atoms with van der Waals surface area (Å²) in [5, 5.41) is 12.7. The number of aromatic nitrogens is 4. The van der Waals surface area contributed by atoms with Crippen LogP contribution in [-0.4, -0.2) is 44.0 Å². The number of amides is 1. The van der Waals surface area contributed by atoms with Crippen LogP contribution >= 0.6 is 0 Å². The topological polar surface area (TPSA) is 109 Å². The number of rotatable bonds is 3. The number of likely N-dealkylation sites (tertiary alicyclic amines) is 1. The van der Waals surface area contributed by atoms with Gasteiger partial charge in [-0.15, -0.1) is 0 Å². The molecule has 8 nitrogen and oxygen atoms in total. The fourth-order valence-electron chi connectivity index (χ4n) is 2.59. The van der Waals surface area contributed by atoms with Crippen LogP contribution in [0.4, 0.5) is 0 Å². The Bertz CT molecular complexity index is 939. The van der Waals surface area contributed by atoms with Crippen molar-refractivity contribution in [2.24, 2.45) is 0 Å². The Labute approximate surface area is 142 Å². The first-order chi connectivity index (χ1) is 12.2. The molecule has 8 heteroatoms. The van der Waals surface area contributed by atoms with E-state index in [9.17, 15) is 4.79 Å². The smallest absolute Gasteiger partial charge is 0.253 e. The van der Waals surface area contributed by atoms with Gasteiger partial charge in [-0.3, -0.25) is 9.78 Å². The lowest BCUT2D eigenvalue weighted by Crippen LogP contribution is -2.48. The molecule has 0 aliphatic carbocycles. The van der Waals surface area contributed by atoms with E-state index in [2.05, 4.69) is 20.1 Å². The monoisotopic (exact) mass is 332 g/mol. The Hall–Kier alpha value is -3.60. The third kappa shape index (κ3) is 2.83. The number of carbonyl (C=O) groups excluding carboxylic acids is 1. The SMILES string of the molecule is N#Cc1ccc(C(=O)N2CC(c3nc(-c4cnccn4)no3)C2)cc1. The van der Waals surface area contributed by atoms with Gasteiger partial charge in [0.1, 0.15) is 5.69 Å². The van der Waals surface area contributed by atoms with Gasteiger partial charge in [0.15, 0.2) is 0 Å². The van der Waals surface area contributed by atoms with E-state index >= 15 is 0 Å². The maximum absolute atomic E-state index is 12.4. The fraction of sp³-hybridized carbons (Fsp3) is 0.176. The van der Waals surface area contributed by atoms with E-state index in [1.807, 2.05) is 6.07 Å². The Morgan fingerprint density at radius 1 is 1.24 bits per heavy atom. The predicted molar refractivity (Wildman–Crippen MR) is 85.1 cm³/mol. The molecule has 1 saturated heterocycles. The zero-order valence-electron chi connectivity index (χ0n) is 13.0. The van der Waals surface area contributed by atoms with Crippen molar-refractivity contribution in [2.75, 3.05) is 13.1 Å². The second kappa shape index (κ2) is 6.13. The molecule has 3 aromatic rings. The van der Waals surface area contributed by atoms with Crippen molar-refractivity contribution in [1.82, 2.24) is 25.0 Å². The molecule has 0 atom stereocenters. The molecule has 3 heterocycles. The minimum Gasteiger partial charge on any atom is -0.338 e. The molecule has 1 fully saturated rings. The maximum atomic E-state index is 12.4. The highest BCUT2D eigenvalue weighted by Gasteiger charge is 2.36. The van der Waals surface area contributed by atoms with E-state index in [1.54, 1.807) is 47.8 Å². The third-order valence-corrected chi connectivity index (χ3v) is 4.01. The lowest BCUT2D eigenvalue weighted by molar-refractivity contribution is 0.0569. The number of nitriles is 1. The number of benzene rings is 1. The van der Waals surface area contributed by atoms with E-state index in [1.165, 1.54) is 0 Å². The number of nitrogens with zero attached hydrogens (tertiary/aromatic N) is 6. The average Bonchev–Trinajstić information content (AvgIpc) is 3.11. The van der Waals surface area contributed by atoms with Gasteiger partial charge in [0.05, 0.1) is 23.7 Å². The molecule has 122 valence electrons. The van der Waals surface area contributed by atoms with Crippen LogP contribution < -0.4 is 0 Å². The molecule has 1 amide bonds. The van der Waals surface area contributed by atoms with Crippen molar-refractivity contribution >= 4 is 5.91 Å². The Kier molecular flexibility index (Phi) is 3.67. The van der Waals surface area contributed by atoms with Crippen LogP contribution in [-0.2, 0) is 0 Å². The van der Waals surface area contributed by atoms with Gasteiger partial charge in [0.2, 0.25) is 11.7 Å². The standard InChI is InChI=1S/C17H12N6O2/c18-7-11-1-3-12(4-2-11)17(24)23-9-13(10-23)16-21-15(22-25-16)14-8-19-5-6-20-14/h1-6,8,13H,9-10H2. The van der Waals surface area contributed by atoms with Gasteiger partial charge in [-0.25, -0.2) is 4.98 Å². The molecule has 0 bridgehead atoms. The van der Waals surface area contributed by atoms with Gasteiger partial charge in [-0.2, -0.15) is 10.2 Å². The molecule has 0 unspecified atom stereocenters. The molecule has 25 heavy (non-hydrogen) atoms. The normalized spacial score (nSPS) is 14.0. The lowest BCUT2D eigenvalue weighted by atomic mass is 9.98. The zero-order valence-corrected chi connectivity index (χ0v) is 13.0. The zero-order chi connectivity index (χ0) is 17.2. The summed E-state index contributed by atoms with van der Waals surface area (Å²) >= 11 is 0. The molecule has 2 aromatic heterocycles. The van der Waals surface area contributed by atoms with E-state index in [0.717, 1.165) is 0 Å². The van der Waals surface area contributed by atoms with Gasteiger partial charge in [-0.05, 0) is 24.3 Å². The van der Waals surface area contributed by atoms with Crippen molar-refractivity contribution in [1.29, 1.82) is 5.26 Å². The van der Waals surface area contributed by atoms with Crippen LogP contribution in [0.1, 0.15) is 27.7 Å². The number of hydrogen-bond acceptors (Lipinski definition) is 7. The maximum Gasteiger partial charge on any atom is 0.253 e. The van der Waals surface area contributed by atoms with E-state index < -0.39 is 0 Å². The minimum atomic E-state index is -0.0746. The highest BCUT2D eigenvalue weighted by atomic mass is 16.5. The van der Waals surface area contributed by atoms with Gasteiger partial charge < -0.3 is 9.42 Å². The van der Waals surface area contributed by atoms with Crippen LogP contribution in [0.15, 0.2) is 47.4 Å². The quantitative estimate of drug-likeness (QED) is 0.717. The summed E-state index contributed by atoms with van der Waals surface area (Å²) in [5.74, 6) is 0.819. The first-order valence-corrected chi connectivity index (χ1v) is 7.64. The molecule has 0 radical (unpaired) electrons. The molecular formula is C17H12N6O2. The Balaban J connectivity index is 1.41. The van der Waals surface area contributed by atoms with Gasteiger partial charge in [-0.1, -0.05) is 5.16 Å². The summed E-state index contributed by atoms with van der Waals surface area (Å²) in [6.45, 7) is 1.03. The van der Waals surface area contributed by atoms with Crippen LogP contribution in [0, 0.1) is 11.3 Å². The molecule has 1 aliphatic heterocycles. The summed E-state index contributed by atoms with van der Waals surface area (Å²) < 4.78 is 5.28. The second-order valence-electron chi connectivity index (χ2n) is 5.64. The fourth-order valence-corrected chi connectivity index (χ4v) is 2.59. The van der Waals surface area contributed by atoms with Crippen LogP contribution in [0.5, 0.6) is 0 Å². The molecule has 1 aliphatic rings. The summed E-state index contributed by atoms with van der Waals surface area (Å²) in [7, 11) is 0. The van der Waals surface area contributed by atoms with Gasteiger partial charge >= 0.3 is 0 Å². The Morgan fingerprint density at radius 2 is 2.04 bits per heavy atom. The second-order valence-corrected chi connectivity index (χ2v) is 5.64. The highest BCUT2D eigenvalue weighted by Crippen LogP contribution is 2.28. The summed E-state index contributed by atoms with van der Waals surface area (Å²) in [6, 6.07) is 8.62. The number of carbonyl (C=O) groups is 1. The summed E-state index contributed by atoms with van der Waals surface area (Å²) in [5.41, 5.74) is 1.63. The van der Waals surface area contributed by atoms with Crippen molar-refractivity contribution in [3.63, 3.8) is 0 Å². The van der Waals surface area contributed by atoms with E-state index in [4.69, 9.17) is 9.78 Å². The average molecular weight is 332 g/mol.